The molecule has 1 unspecified atom stereocenters. The highest BCUT2D eigenvalue weighted by molar-refractivity contribution is 5.85. The van der Waals surface area contributed by atoms with Gasteiger partial charge in [0.25, 0.3) is 0 Å². The Morgan fingerprint density at radius 3 is 2.25 bits per heavy atom. The van der Waals surface area contributed by atoms with Crippen LogP contribution >= 0.6 is 0 Å². The molecule has 0 aromatic heterocycles. The molecule has 0 saturated carbocycles. The molecule has 2 N–H and O–H groups in total. The molecule has 44 heavy (non-hydrogen) atoms. The van der Waals surface area contributed by atoms with Crippen LogP contribution < -0.4 is 5.32 Å². The maximum Gasteiger partial charge on any atom is 0.408 e. The fraction of sp³-hybridized carbons (Fsp3) is 0.875. The van der Waals surface area contributed by atoms with Crippen LogP contribution in [0.15, 0.2) is 0 Å². The van der Waals surface area contributed by atoms with E-state index in [0.29, 0.717) is 19.3 Å². The minimum absolute atomic E-state index is 0.0783. The van der Waals surface area contributed by atoms with Gasteiger partial charge in [0, 0.05) is 24.7 Å². The molecule has 3 aliphatic rings. The van der Waals surface area contributed by atoms with E-state index in [1.807, 2.05) is 46.7 Å². The molecule has 3 saturated heterocycles. The fourth-order valence-electron chi connectivity index (χ4n) is 7.40. The zero-order chi connectivity index (χ0) is 33.3. The van der Waals surface area contributed by atoms with Crippen molar-refractivity contribution >= 4 is 23.8 Å². The second-order valence-corrected chi connectivity index (χ2v) is 13.7. The Labute approximate surface area is 261 Å². The summed E-state index contributed by atoms with van der Waals surface area (Å²) in [7, 11) is 3.81. The molecule has 12 heteroatoms. The van der Waals surface area contributed by atoms with Crippen molar-refractivity contribution in [2.45, 2.75) is 136 Å². The average Bonchev–Trinajstić information content (AvgIpc) is 3.26. The van der Waals surface area contributed by atoms with Crippen LogP contribution in [0.3, 0.4) is 0 Å². The number of nitrogens with one attached hydrogen (secondary N) is 1. The molecule has 3 aliphatic heterocycles. The zero-order valence-electron chi connectivity index (χ0n) is 28.2. The van der Waals surface area contributed by atoms with E-state index in [0.717, 1.165) is 0 Å². The van der Waals surface area contributed by atoms with Crippen molar-refractivity contribution in [2.24, 2.45) is 29.6 Å². The third-order valence-corrected chi connectivity index (χ3v) is 9.98. The Bertz CT molecular complexity index is 1050. The van der Waals surface area contributed by atoms with Crippen molar-refractivity contribution in [1.82, 2.24) is 10.2 Å². The van der Waals surface area contributed by atoms with Gasteiger partial charge in [-0.3, -0.25) is 14.4 Å². The third-order valence-electron chi connectivity index (χ3n) is 9.98. The maximum absolute atomic E-state index is 13.8. The summed E-state index contributed by atoms with van der Waals surface area (Å²) in [6.07, 6.45) is -3.94. The number of fused-ring (bicyclic) bond motifs is 1. The molecule has 14 atom stereocenters. The minimum Gasteiger partial charge on any atom is -0.458 e. The van der Waals surface area contributed by atoms with E-state index in [-0.39, 0.29) is 23.8 Å². The summed E-state index contributed by atoms with van der Waals surface area (Å²) in [5.74, 6) is -4.13. The standard InChI is InChI=1S/C32H54N2O10/c1-12-23-32(9)28(33-31(39)44-32)19(6)24(36)15(2)13-16(3)26(18(5)25(37)20(7)29(38)42-23)43-30-27(41-21(8)35)22(34(10)11)14-17(4)40-30/h15-20,22-23,25-28,30,37H,12-14H2,1-11H3,(H,33,39)/t15-,16?,17-,18+,19+,20-,22+,23-,25+,26-,27-,28-,30+,32-/m1/s1. The number of esters is 2. The number of cyclic esters (lactones) is 1. The molecular formula is C32H54N2O10. The molecule has 252 valence electrons. The number of alkyl carbamates (subject to hydrolysis) is 1. The summed E-state index contributed by atoms with van der Waals surface area (Å²) in [5.41, 5.74) is -1.28. The molecule has 0 radical (unpaired) electrons. The third kappa shape index (κ3) is 7.57. The molecule has 1 amide bonds. The smallest absolute Gasteiger partial charge is 0.408 e. The lowest BCUT2D eigenvalue weighted by molar-refractivity contribution is -0.286. The number of likely N-dealkylation sites (N-methyl/N-ethyl adjacent to an activating group) is 1. The molecule has 3 heterocycles. The first-order valence-corrected chi connectivity index (χ1v) is 16.0. The minimum atomic E-state index is -1.28. The van der Waals surface area contributed by atoms with Crippen molar-refractivity contribution in [2.75, 3.05) is 14.1 Å². The van der Waals surface area contributed by atoms with Gasteiger partial charge < -0.3 is 39.0 Å². The topological polar surface area (TPSA) is 150 Å². The highest BCUT2D eigenvalue weighted by atomic mass is 16.7. The monoisotopic (exact) mass is 626 g/mol. The van der Waals surface area contributed by atoms with Crippen LogP contribution in [0.2, 0.25) is 0 Å². The lowest BCUT2D eigenvalue weighted by Gasteiger charge is -2.45. The second kappa shape index (κ2) is 14.4. The number of carbonyl (C=O) groups excluding carboxylic acids is 4. The Morgan fingerprint density at radius 1 is 1.05 bits per heavy atom. The van der Waals surface area contributed by atoms with Gasteiger partial charge in [-0.05, 0) is 60.0 Å². The van der Waals surface area contributed by atoms with Crippen LogP contribution in [-0.2, 0) is 38.1 Å². The average molecular weight is 627 g/mol. The van der Waals surface area contributed by atoms with E-state index >= 15 is 0 Å². The highest BCUT2D eigenvalue weighted by Gasteiger charge is 2.56. The predicted molar refractivity (Wildman–Crippen MR) is 160 cm³/mol. The molecule has 0 aromatic carbocycles. The number of aliphatic hydroxyl groups excluding tert-OH is 1. The number of ether oxygens (including phenoxy) is 5. The van der Waals surface area contributed by atoms with Crippen LogP contribution in [0.4, 0.5) is 4.79 Å². The van der Waals surface area contributed by atoms with Gasteiger partial charge in [0.1, 0.15) is 11.9 Å². The number of ketones is 1. The van der Waals surface area contributed by atoms with Crippen molar-refractivity contribution < 1.29 is 48.0 Å². The van der Waals surface area contributed by atoms with Crippen molar-refractivity contribution in [3.05, 3.63) is 0 Å². The molecule has 0 aromatic rings. The van der Waals surface area contributed by atoms with Gasteiger partial charge in [-0.15, -0.1) is 0 Å². The number of amides is 1. The summed E-state index contributed by atoms with van der Waals surface area (Å²) in [4.78, 5) is 53.9. The van der Waals surface area contributed by atoms with Crippen molar-refractivity contribution in [3.8, 4) is 0 Å². The summed E-state index contributed by atoms with van der Waals surface area (Å²) >= 11 is 0. The molecule has 0 bridgehead atoms. The van der Waals surface area contributed by atoms with Crippen LogP contribution in [-0.4, -0.2) is 102 Å². The van der Waals surface area contributed by atoms with E-state index in [4.69, 9.17) is 23.7 Å². The first-order valence-electron chi connectivity index (χ1n) is 16.0. The number of aliphatic hydroxyl groups is 1. The first-order chi connectivity index (χ1) is 20.4. The Morgan fingerprint density at radius 2 is 1.68 bits per heavy atom. The Hall–Kier alpha value is -2.28. The quantitative estimate of drug-likeness (QED) is 0.342. The van der Waals surface area contributed by atoms with Crippen LogP contribution in [0.25, 0.3) is 0 Å². The highest BCUT2D eigenvalue weighted by Crippen LogP contribution is 2.39. The number of hydrogen-bond donors (Lipinski definition) is 2. The number of rotatable bonds is 5. The Kier molecular flexibility index (Phi) is 11.9. The number of hydrogen-bond acceptors (Lipinski definition) is 11. The lowest BCUT2D eigenvalue weighted by Crippen LogP contribution is -2.58. The second-order valence-electron chi connectivity index (χ2n) is 13.7. The van der Waals surface area contributed by atoms with Gasteiger partial charge >= 0.3 is 18.0 Å². The maximum atomic E-state index is 13.8. The van der Waals surface area contributed by atoms with Gasteiger partial charge in [-0.2, -0.15) is 0 Å². The van der Waals surface area contributed by atoms with Crippen LogP contribution in [0.5, 0.6) is 0 Å². The summed E-state index contributed by atoms with van der Waals surface area (Å²) in [6, 6.07) is -0.905. The van der Waals surface area contributed by atoms with E-state index in [1.54, 1.807) is 27.7 Å². The predicted octanol–water partition coefficient (Wildman–Crippen LogP) is 3.07. The van der Waals surface area contributed by atoms with Crippen molar-refractivity contribution in [3.63, 3.8) is 0 Å². The van der Waals surface area contributed by atoms with Crippen molar-refractivity contribution in [1.29, 1.82) is 0 Å². The number of nitrogens with zero attached hydrogens (tertiary/aromatic N) is 1. The first kappa shape index (κ1) is 36.2. The molecule has 0 aliphatic carbocycles. The van der Waals surface area contributed by atoms with Gasteiger partial charge in [0.05, 0.1) is 36.3 Å². The van der Waals surface area contributed by atoms with E-state index in [1.165, 1.54) is 6.92 Å². The van der Waals surface area contributed by atoms with Crippen LogP contribution in [0, 0.1) is 29.6 Å². The summed E-state index contributed by atoms with van der Waals surface area (Å²) in [6.45, 7) is 15.7. The summed E-state index contributed by atoms with van der Waals surface area (Å²) in [5, 5.41) is 14.4. The largest absolute Gasteiger partial charge is 0.458 e. The van der Waals surface area contributed by atoms with Gasteiger partial charge in [-0.1, -0.05) is 34.6 Å². The van der Waals surface area contributed by atoms with E-state index in [2.05, 4.69) is 5.32 Å². The Balaban J connectivity index is 2.02. The molecule has 12 nitrogen and oxygen atoms in total. The molecular weight excluding hydrogens is 572 g/mol. The lowest BCUT2D eigenvalue weighted by atomic mass is 9.75. The zero-order valence-corrected chi connectivity index (χ0v) is 28.2. The molecule has 3 fully saturated rings. The normalized spacial score (nSPS) is 44.2. The SMILES string of the molecule is CC[C@H]1OC(=O)[C@H](C)[C@@H](O)[C@H](C)[C@H](O[C@@H]2O[C@H](C)C[C@H](N(C)C)[C@H]2OC(C)=O)C(C)C[C@@H](C)C(=O)[C@H](C)[C@H]2NC(=O)O[C@@]21C. The van der Waals surface area contributed by atoms with Gasteiger partial charge in [-0.25, -0.2) is 4.79 Å². The number of carbonyl (C=O) groups is 4. The van der Waals surface area contributed by atoms with E-state index in [9.17, 15) is 24.3 Å². The fourth-order valence-corrected chi connectivity index (χ4v) is 7.40. The van der Waals surface area contributed by atoms with Gasteiger partial charge in [0.2, 0.25) is 0 Å². The number of Topliss-reactive ketones (excluding diaryl/α,β-unsaturated/α-hetero) is 1. The molecule has 3 rings (SSSR count). The van der Waals surface area contributed by atoms with E-state index < -0.39 is 84.1 Å². The van der Waals surface area contributed by atoms with Crippen LogP contribution in [0.1, 0.15) is 81.6 Å². The summed E-state index contributed by atoms with van der Waals surface area (Å²) < 4.78 is 30.2. The van der Waals surface area contributed by atoms with Gasteiger partial charge in [0.15, 0.2) is 18.0 Å². The molecule has 0 spiro atoms.